The molecule has 2 rings (SSSR count). The quantitative estimate of drug-likeness (QED) is 0.312. The topological polar surface area (TPSA) is 3.24 Å². The number of halogens is 2. The van der Waals surface area contributed by atoms with Gasteiger partial charge in [0.1, 0.15) is 5.82 Å². The van der Waals surface area contributed by atoms with Gasteiger partial charge in [-0.2, -0.15) is 0 Å². The molecule has 1 unspecified atom stereocenters. The fourth-order valence-electron chi connectivity index (χ4n) is 2.11. The molecule has 1 atom stereocenters. The Hall–Kier alpha value is -0.330. The van der Waals surface area contributed by atoms with E-state index in [9.17, 15) is 4.39 Å². The molecule has 0 N–H and O–H groups in total. The molecule has 0 amide bonds. The van der Waals surface area contributed by atoms with Gasteiger partial charge < -0.3 is 0 Å². The molecule has 0 aromatic heterocycles. The van der Waals surface area contributed by atoms with E-state index >= 15 is 0 Å². The zero-order valence-corrected chi connectivity index (χ0v) is 15.7. The van der Waals surface area contributed by atoms with Gasteiger partial charge in [0.2, 0.25) is 0 Å². The van der Waals surface area contributed by atoms with E-state index in [-0.39, 0.29) is 5.82 Å². The number of allylic oxidation sites excluding steroid dienone is 1. The molecule has 0 spiro atoms. The van der Waals surface area contributed by atoms with Crippen molar-refractivity contribution in [2.24, 2.45) is 0 Å². The maximum atomic E-state index is 12.9. The summed E-state index contributed by atoms with van der Waals surface area (Å²) < 4.78 is 15.2. The monoisotopic (exact) mass is 419 g/mol. The van der Waals surface area contributed by atoms with Crippen LogP contribution in [-0.4, -0.2) is 10.8 Å². The Morgan fingerprint density at radius 2 is 2.10 bits per heavy atom. The van der Waals surface area contributed by atoms with Crippen LogP contribution >= 0.6 is 30.3 Å². The number of unbranched alkanes of at least 4 members (excludes halogenated alkanes) is 1. The summed E-state index contributed by atoms with van der Waals surface area (Å²) in [6.45, 7) is 8.83. The van der Waals surface area contributed by atoms with Gasteiger partial charge in [0.25, 0.3) is 0 Å². The molecule has 0 fully saturated rings. The maximum absolute atomic E-state index is 12.9. The van der Waals surface area contributed by atoms with Gasteiger partial charge in [0.15, 0.2) is 0 Å². The van der Waals surface area contributed by atoms with Crippen LogP contribution in [0.15, 0.2) is 48.6 Å². The second kappa shape index (κ2) is 10.4. The van der Waals surface area contributed by atoms with Gasteiger partial charge in [0.05, 0.1) is 0 Å². The smallest absolute Gasteiger partial charge is 0.123 e. The highest BCUT2D eigenvalue weighted by Gasteiger charge is 2.23. The lowest BCUT2D eigenvalue weighted by atomic mass is 9.99. The first-order valence-corrected chi connectivity index (χ1v) is 10.5. The molecule has 1 nitrogen and oxygen atoms in total. The van der Waals surface area contributed by atoms with Crippen LogP contribution in [0, 0.1) is 5.82 Å². The lowest BCUT2D eigenvalue weighted by molar-refractivity contribution is 0.371. The third kappa shape index (κ3) is 6.53. The molecule has 1 heterocycles. The van der Waals surface area contributed by atoms with Gasteiger partial charge in [-0.25, -0.2) is 8.70 Å². The van der Waals surface area contributed by atoms with Crippen molar-refractivity contribution in [1.82, 2.24) is 4.31 Å². The van der Waals surface area contributed by atoms with Crippen molar-refractivity contribution in [2.75, 3.05) is 6.54 Å². The largest absolute Gasteiger partial charge is 0.230 e. The van der Waals surface area contributed by atoms with E-state index in [1.54, 1.807) is 9.12 Å². The summed E-state index contributed by atoms with van der Waals surface area (Å²) in [4.78, 5) is 0. The molecule has 1 aromatic rings. The van der Waals surface area contributed by atoms with Crippen molar-refractivity contribution in [3.05, 3.63) is 60.0 Å². The van der Waals surface area contributed by atoms with Gasteiger partial charge in [-0.1, -0.05) is 43.2 Å². The number of hydrogen-bond acceptors (Lipinski definition) is 2. The summed E-state index contributed by atoms with van der Waals surface area (Å²) in [7, 11) is 1.73. The van der Waals surface area contributed by atoms with E-state index in [0.29, 0.717) is 6.04 Å². The fraction of sp³-hybridized carbons (Fsp3) is 0.412. The van der Waals surface area contributed by atoms with E-state index < -0.39 is 0 Å². The van der Waals surface area contributed by atoms with Crippen molar-refractivity contribution < 1.29 is 4.39 Å². The van der Waals surface area contributed by atoms with Crippen LogP contribution in [0.2, 0.25) is 0 Å². The van der Waals surface area contributed by atoms with E-state index in [1.165, 1.54) is 29.7 Å². The van der Waals surface area contributed by atoms with Crippen molar-refractivity contribution >= 4 is 30.3 Å². The SMILES string of the molecule is C=CCCC.CC1=CCC(c2ccc(F)cc2)N(SI)C1. The summed E-state index contributed by atoms with van der Waals surface area (Å²) in [6.07, 6.45) is 7.59. The van der Waals surface area contributed by atoms with Crippen LogP contribution in [0.1, 0.15) is 44.7 Å². The molecule has 21 heavy (non-hydrogen) atoms. The average molecular weight is 419 g/mol. The minimum absolute atomic E-state index is 0.167. The number of nitrogens with zero attached hydrogens (tertiary/aromatic N) is 1. The van der Waals surface area contributed by atoms with Gasteiger partial charge in [-0.15, -0.1) is 6.58 Å². The predicted molar refractivity (Wildman–Crippen MR) is 101 cm³/mol. The normalized spacial score (nSPS) is 18.5. The Labute approximate surface area is 144 Å². The number of hydrogen-bond donors (Lipinski definition) is 0. The molecule has 4 heteroatoms. The second-order valence-corrected chi connectivity index (χ2v) is 6.86. The molecular formula is C17H23FINS. The first-order chi connectivity index (χ1) is 10.1. The molecule has 1 aliphatic heterocycles. The molecule has 0 radical (unpaired) electrons. The lowest BCUT2D eigenvalue weighted by Crippen LogP contribution is -2.25. The highest BCUT2D eigenvalue weighted by atomic mass is 127. The third-order valence-corrected chi connectivity index (χ3v) is 5.36. The molecule has 0 saturated carbocycles. The predicted octanol–water partition coefficient (Wildman–Crippen LogP) is 6.49. The van der Waals surface area contributed by atoms with E-state index in [2.05, 4.69) is 52.0 Å². The van der Waals surface area contributed by atoms with E-state index in [4.69, 9.17) is 0 Å². The molecule has 1 aliphatic rings. The molecule has 0 aliphatic carbocycles. The summed E-state index contributed by atoms with van der Waals surface area (Å²) in [6, 6.07) is 7.21. The van der Waals surface area contributed by atoms with Gasteiger partial charge >= 0.3 is 0 Å². The van der Waals surface area contributed by atoms with Crippen molar-refractivity contribution in [1.29, 1.82) is 0 Å². The average Bonchev–Trinajstić information content (AvgIpc) is 2.49. The molecule has 0 saturated heterocycles. The summed E-state index contributed by atoms with van der Waals surface area (Å²) in [5, 5.41) is 0. The third-order valence-electron chi connectivity index (χ3n) is 3.28. The second-order valence-electron chi connectivity index (χ2n) is 5.08. The maximum Gasteiger partial charge on any atom is 0.123 e. The highest BCUT2D eigenvalue weighted by Crippen LogP contribution is 2.37. The Balaban J connectivity index is 0.000000383. The summed E-state index contributed by atoms with van der Waals surface area (Å²) in [5.74, 6) is -0.167. The van der Waals surface area contributed by atoms with E-state index in [1.807, 2.05) is 18.2 Å². The molecular weight excluding hydrogens is 396 g/mol. The summed E-state index contributed by atoms with van der Waals surface area (Å²) >= 11 is 2.31. The van der Waals surface area contributed by atoms with Crippen LogP contribution in [0.4, 0.5) is 4.39 Å². The van der Waals surface area contributed by atoms with E-state index in [0.717, 1.165) is 19.4 Å². The molecule has 116 valence electrons. The van der Waals surface area contributed by atoms with Gasteiger partial charge in [-0.05, 0) is 46.6 Å². The van der Waals surface area contributed by atoms with Crippen LogP contribution in [0.25, 0.3) is 0 Å². The first-order valence-electron chi connectivity index (χ1n) is 7.19. The summed E-state index contributed by atoms with van der Waals surface area (Å²) in [5.41, 5.74) is 2.59. The van der Waals surface area contributed by atoms with Crippen molar-refractivity contribution in [3.63, 3.8) is 0 Å². The standard InChI is InChI=1S/C12H13FINS.C5H10/c1-9-2-7-12(15(8-9)16-14)10-3-5-11(13)6-4-10;1-3-5-4-2/h2-6,12H,7-8H2,1H3;3H,1,4-5H2,2H3. The zero-order chi connectivity index (χ0) is 15.7. The Kier molecular flexibility index (Phi) is 9.27. The van der Waals surface area contributed by atoms with Crippen LogP contribution in [0.3, 0.4) is 0 Å². The Bertz CT molecular complexity index is 458. The van der Waals surface area contributed by atoms with Crippen molar-refractivity contribution in [3.8, 4) is 0 Å². The van der Waals surface area contributed by atoms with Crippen LogP contribution in [-0.2, 0) is 0 Å². The van der Waals surface area contributed by atoms with Gasteiger partial charge in [-0.3, -0.25) is 0 Å². The highest BCUT2D eigenvalue weighted by molar-refractivity contribution is 14.2. The minimum atomic E-state index is -0.167. The number of benzene rings is 1. The Morgan fingerprint density at radius 3 is 2.57 bits per heavy atom. The zero-order valence-electron chi connectivity index (χ0n) is 12.7. The van der Waals surface area contributed by atoms with Crippen LogP contribution < -0.4 is 0 Å². The molecule has 1 aromatic carbocycles. The lowest BCUT2D eigenvalue weighted by Gasteiger charge is -2.32. The number of rotatable bonds is 4. The van der Waals surface area contributed by atoms with Crippen LogP contribution in [0.5, 0.6) is 0 Å². The van der Waals surface area contributed by atoms with Gasteiger partial charge in [0, 0.05) is 33.8 Å². The fourth-order valence-corrected chi connectivity index (χ4v) is 3.91. The Morgan fingerprint density at radius 1 is 1.43 bits per heavy atom. The minimum Gasteiger partial charge on any atom is -0.230 e. The first kappa shape index (κ1) is 18.7. The molecule has 0 bridgehead atoms. The van der Waals surface area contributed by atoms with Crippen molar-refractivity contribution in [2.45, 2.75) is 39.2 Å².